The number of carbonyl (C=O) groups excluding carboxylic acids is 2. The molecule has 0 saturated heterocycles. The molecule has 0 aliphatic heterocycles. The largest absolute Gasteiger partial charge is 0.456 e. The van der Waals surface area contributed by atoms with Gasteiger partial charge >= 0.3 is 5.97 Å². The number of benzene rings is 1. The Morgan fingerprint density at radius 2 is 1.68 bits per heavy atom. The summed E-state index contributed by atoms with van der Waals surface area (Å²) < 4.78 is 5.21. The summed E-state index contributed by atoms with van der Waals surface area (Å²) in [7, 11) is 0. The first kappa shape index (κ1) is 20.1. The van der Waals surface area contributed by atoms with Gasteiger partial charge in [0.1, 0.15) is 0 Å². The van der Waals surface area contributed by atoms with Gasteiger partial charge in [0.25, 0.3) is 5.91 Å². The van der Waals surface area contributed by atoms with Crippen molar-refractivity contribution >= 4 is 35.2 Å². The summed E-state index contributed by atoms with van der Waals surface area (Å²) in [6.07, 6.45) is 8.43. The zero-order valence-corrected chi connectivity index (χ0v) is 17.7. The predicted molar refractivity (Wildman–Crippen MR) is 111 cm³/mol. The molecule has 1 aromatic rings. The van der Waals surface area contributed by atoms with Gasteiger partial charge in [0.05, 0.1) is 0 Å². The highest BCUT2D eigenvalue weighted by atomic mass is 35.5. The van der Waals surface area contributed by atoms with Gasteiger partial charge in [-0.1, -0.05) is 11.6 Å². The Labute approximate surface area is 176 Å². The van der Waals surface area contributed by atoms with Gasteiger partial charge in [0, 0.05) is 21.9 Å². The lowest BCUT2D eigenvalue weighted by Gasteiger charge is -2.56. The van der Waals surface area contributed by atoms with E-state index in [2.05, 4.69) is 5.32 Å². The maximum Gasteiger partial charge on any atom is 0.306 e. The highest BCUT2D eigenvalue weighted by Gasteiger charge is 2.51. The van der Waals surface area contributed by atoms with Crippen LogP contribution < -0.4 is 5.32 Å². The monoisotopic (exact) mass is 421 g/mol. The van der Waals surface area contributed by atoms with Crippen molar-refractivity contribution in [1.82, 2.24) is 5.32 Å². The number of halogens is 1. The summed E-state index contributed by atoms with van der Waals surface area (Å²) in [5.41, 5.74) is -0.0204. The predicted octanol–water partition coefficient (Wildman–Crippen LogP) is 4.84. The van der Waals surface area contributed by atoms with E-state index in [1.165, 1.54) is 19.3 Å². The highest BCUT2D eigenvalue weighted by Crippen LogP contribution is 2.55. The summed E-state index contributed by atoms with van der Waals surface area (Å²) in [5, 5.41) is 3.96. The Morgan fingerprint density at radius 3 is 2.29 bits per heavy atom. The lowest BCUT2D eigenvalue weighted by molar-refractivity contribution is -0.150. The van der Waals surface area contributed by atoms with Crippen LogP contribution in [0.5, 0.6) is 0 Å². The van der Waals surface area contributed by atoms with Crippen molar-refractivity contribution in [3.05, 3.63) is 29.3 Å². The Balaban J connectivity index is 1.13. The molecule has 4 aliphatic rings. The van der Waals surface area contributed by atoms with Gasteiger partial charge < -0.3 is 10.1 Å². The van der Waals surface area contributed by atoms with E-state index in [1.807, 2.05) is 24.3 Å². The third kappa shape index (κ3) is 5.04. The van der Waals surface area contributed by atoms with Gasteiger partial charge in [-0.15, -0.1) is 11.8 Å². The number of amides is 1. The van der Waals surface area contributed by atoms with Gasteiger partial charge in [-0.05, 0) is 92.7 Å². The molecule has 0 radical (unpaired) electrons. The molecule has 1 aromatic carbocycles. The molecule has 5 rings (SSSR count). The van der Waals surface area contributed by atoms with Crippen molar-refractivity contribution < 1.29 is 14.3 Å². The van der Waals surface area contributed by atoms with E-state index in [-0.39, 0.29) is 24.0 Å². The van der Waals surface area contributed by atoms with Crippen LogP contribution >= 0.6 is 23.4 Å². The fourth-order valence-electron chi connectivity index (χ4n) is 5.75. The molecular weight excluding hydrogens is 394 g/mol. The third-order valence-corrected chi connectivity index (χ3v) is 7.76. The minimum atomic E-state index is -0.294. The van der Waals surface area contributed by atoms with Crippen LogP contribution in [-0.4, -0.2) is 29.8 Å². The third-order valence-electron chi connectivity index (χ3n) is 6.41. The maximum atomic E-state index is 12.4. The minimum absolute atomic E-state index is 0.0204. The number of ether oxygens (including phenoxy) is 1. The second kappa shape index (κ2) is 8.66. The SMILES string of the molecule is O=C(COC(=O)CCCSc1ccc(Cl)cc1)NC12CC3CC(CC(C3)C1)C2. The summed E-state index contributed by atoms with van der Waals surface area (Å²) in [6, 6.07) is 7.67. The second-order valence-electron chi connectivity index (χ2n) is 8.81. The molecule has 28 heavy (non-hydrogen) atoms. The zero-order valence-electron chi connectivity index (χ0n) is 16.1. The first-order chi connectivity index (χ1) is 13.5. The molecule has 152 valence electrons. The molecule has 4 saturated carbocycles. The molecule has 0 atom stereocenters. The Hall–Kier alpha value is -1.20. The second-order valence-corrected chi connectivity index (χ2v) is 10.4. The van der Waals surface area contributed by atoms with Crippen LogP contribution in [0.4, 0.5) is 0 Å². The van der Waals surface area contributed by atoms with E-state index in [0.29, 0.717) is 6.42 Å². The van der Waals surface area contributed by atoms with E-state index in [9.17, 15) is 9.59 Å². The normalized spacial score (nSPS) is 30.2. The summed E-state index contributed by atoms with van der Waals surface area (Å²) in [6.45, 7) is -0.148. The van der Waals surface area contributed by atoms with E-state index in [4.69, 9.17) is 16.3 Å². The first-order valence-electron chi connectivity index (χ1n) is 10.3. The molecule has 6 heteroatoms. The number of rotatable bonds is 8. The fraction of sp³-hybridized carbons (Fsp3) is 0.636. The van der Waals surface area contributed by atoms with E-state index in [1.54, 1.807) is 11.8 Å². The van der Waals surface area contributed by atoms with E-state index >= 15 is 0 Å². The van der Waals surface area contributed by atoms with Crippen LogP contribution in [0.2, 0.25) is 5.02 Å². The van der Waals surface area contributed by atoms with Crippen LogP contribution in [0, 0.1) is 17.8 Å². The lowest BCUT2D eigenvalue weighted by atomic mass is 9.53. The topological polar surface area (TPSA) is 55.4 Å². The van der Waals surface area contributed by atoms with Gasteiger partial charge in [-0.3, -0.25) is 9.59 Å². The molecule has 1 N–H and O–H groups in total. The first-order valence-corrected chi connectivity index (χ1v) is 11.7. The van der Waals surface area contributed by atoms with Crippen molar-refractivity contribution in [2.75, 3.05) is 12.4 Å². The quantitative estimate of drug-likeness (QED) is 0.370. The van der Waals surface area contributed by atoms with Crippen LogP contribution in [-0.2, 0) is 14.3 Å². The number of carbonyl (C=O) groups is 2. The van der Waals surface area contributed by atoms with Crippen LogP contribution in [0.15, 0.2) is 29.2 Å². The number of esters is 1. The van der Waals surface area contributed by atoms with Gasteiger partial charge in [0.2, 0.25) is 0 Å². The number of hydrogen-bond donors (Lipinski definition) is 1. The number of nitrogens with one attached hydrogen (secondary N) is 1. The Bertz CT molecular complexity index is 686. The molecule has 4 aliphatic carbocycles. The standard InChI is InChI=1S/C22H28ClNO3S/c23-18-3-5-19(6-4-18)28-7-1-2-21(26)27-14-20(25)24-22-11-15-8-16(12-22)10-17(9-15)13-22/h3-6,15-17H,1-2,7-14H2,(H,24,25). The van der Waals surface area contributed by atoms with Crippen molar-refractivity contribution in [1.29, 1.82) is 0 Å². The zero-order chi connectivity index (χ0) is 19.6. The molecule has 4 fully saturated rings. The Kier molecular flexibility index (Phi) is 6.21. The van der Waals surface area contributed by atoms with Crippen molar-refractivity contribution in [2.24, 2.45) is 17.8 Å². The average Bonchev–Trinajstić information content (AvgIpc) is 2.63. The number of thioether (sulfide) groups is 1. The molecule has 1 amide bonds. The molecule has 4 bridgehead atoms. The molecule has 0 aromatic heterocycles. The smallest absolute Gasteiger partial charge is 0.306 e. The van der Waals surface area contributed by atoms with Crippen molar-refractivity contribution in [3.63, 3.8) is 0 Å². The van der Waals surface area contributed by atoms with E-state index in [0.717, 1.165) is 59.1 Å². The fourth-order valence-corrected chi connectivity index (χ4v) is 6.73. The lowest BCUT2D eigenvalue weighted by Crippen LogP contribution is -2.60. The van der Waals surface area contributed by atoms with Crippen LogP contribution in [0.1, 0.15) is 51.4 Å². The molecule has 0 spiro atoms. The van der Waals surface area contributed by atoms with Crippen molar-refractivity contribution in [2.45, 2.75) is 61.8 Å². The molecule has 0 unspecified atom stereocenters. The minimum Gasteiger partial charge on any atom is -0.456 e. The molecule has 4 nitrogen and oxygen atoms in total. The van der Waals surface area contributed by atoms with Crippen LogP contribution in [0.25, 0.3) is 0 Å². The van der Waals surface area contributed by atoms with Crippen molar-refractivity contribution in [3.8, 4) is 0 Å². The maximum absolute atomic E-state index is 12.4. The van der Waals surface area contributed by atoms with E-state index < -0.39 is 0 Å². The summed E-state index contributed by atoms with van der Waals surface area (Å²) >= 11 is 7.56. The van der Waals surface area contributed by atoms with Gasteiger partial charge in [-0.25, -0.2) is 0 Å². The highest BCUT2D eigenvalue weighted by molar-refractivity contribution is 7.99. The number of hydrogen-bond acceptors (Lipinski definition) is 4. The molecule has 0 heterocycles. The van der Waals surface area contributed by atoms with Crippen LogP contribution in [0.3, 0.4) is 0 Å². The summed E-state index contributed by atoms with van der Waals surface area (Å²) in [5.74, 6) is 2.76. The van der Waals surface area contributed by atoms with Gasteiger partial charge in [-0.2, -0.15) is 0 Å². The van der Waals surface area contributed by atoms with Gasteiger partial charge in [0.15, 0.2) is 6.61 Å². The Morgan fingerprint density at radius 1 is 1.07 bits per heavy atom. The summed E-state index contributed by atoms with van der Waals surface area (Å²) in [4.78, 5) is 25.4. The average molecular weight is 422 g/mol. The molecular formula is C22H28ClNO3S.